The molecule has 0 fully saturated rings. The summed E-state index contributed by atoms with van der Waals surface area (Å²) in [6.45, 7) is 1.58. The number of carbonyl (C=O) groups is 3. The van der Waals surface area contributed by atoms with E-state index in [2.05, 4.69) is 5.32 Å². The van der Waals surface area contributed by atoms with E-state index in [-0.39, 0.29) is 24.1 Å². The first-order valence-electron chi connectivity index (χ1n) is 9.89. The van der Waals surface area contributed by atoms with Gasteiger partial charge < -0.3 is 14.8 Å². The van der Waals surface area contributed by atoms with Crippen LogP contribution in [-0.4, -0.2) is 37.1 Å². The Kier molecular flexibility index (Phi) is 8.05. The third kappa shape index (κ3) is 6.46. The van der Waals surface area contributed by atoms with E-state index >= 15 is 0 Å². The largest absolute Gasteiger partial charge is 0.497 e. The molecule has 0 heterocycles. The van der Waals surface area contributed by atoms with Crippen LogP contribution in [0.4, 0.5) is 5.69 Å². The minimum Gasteiger partial charge on any atom is -0.497 e. The number of rotatable bonds is 9. The van der Waals surface area contributed by atoms with Crippen molar-refractivity contribution < 1.29 is 23.9 Å². The Hall–Kier alpha value is -3.58. The maximum absolute atomic E-state index is 12.6. The van der Waals surface area contributed by atoms with Gasteiger partial charge in [0.2, 0.25) is 5.91 Å². The van der Waals surface area contributed by atoms with Gasteiger partial charge in [0.1, 0.15) is 5.75 Å². The van der Waals surface area contributed by atoms with Crippen LogP contribution >= 0.6 is 11.8 Å². The second kappa shape index (κ2) is 11.2. The number of ether oxygens (including phenoxy) is 2. The summed E-state index contributed by atoms with van der Waals surface area (Å²) < 4.78 is 10.3. The number of hydrogen-bond donors (Lipinski definition) is 1. The number of benzene rings is 3. The Morgan fingerprint density at radius 1 is 0.938 bits per heavy atom. The molecule has 0 aliphatic carbocycles. The van der Waals surface area contributed by atoms with E-state index in [4.69, 9.17) is 9.47 Å². The number of thioether (sulfide) groups is 1. The van der Waals surface area contributed by atoms with Crippen molar-refractivity contribution in [3.8, 4) is 5.75 Å². The molecule has 1 amide bonds. The van der Waals surface area contributed by atoms with Crippen LogP contribution in [-0.2, 0) is 9.53 Å². The first-order valence-corrected chi connectivity index (χ1v) is 10.9. The van der Waals surface area contributed by atoms with Gasteiger partial charge in [0.15, 0.2) is 12.4 Å². The monoisotopic (exact) mass is 449 g/mol. The van der Waals surface area contributed by atoms with E-state index in [0.29, 0.717) is 27.5 Å². The Labute approximate surface area is 190 Å². The molecule has 0 saturated carbocycles. The van der Waals surface area contributed by atoms with Gasteiger partial charge >= 0.3 is 5.97 Å². The number of Topliss-reactive ketones (excluding diaryl/α,β-unsaturated/α-hetero) is 1. The Bertz CT molecular complexity index is 1110. The molecule has 6 nitrogen and oxygen atoms in total. The minimum atomic E-state index is -0.622. The molecule has 0 unspecified atom stereocenters. The third-order valence-corrected chi connectivity index (χ3v) is 5.60. The van der Waals surface area contributed by atoms with Crippen molar-refractivity contribution in [2.45, 2.75) is 11.8 Å². The number of methoxy groups -OCH3 is 1. The molecule has 0 radical (unpaired) electrons. The van der Waals surface area contributed by atoms with Gasteiger partial charge in [-0.1, -0.05) is 42.0 Å². The van der Waals surface area contributed by atoms with Crippen LogP contribution in [0.1, 0.15) is 26.3 Å². The molecule has 0 bridgehead atoms. The lowest BCUT2D eigenvalue weighted by molar-refractivity contribution is -0.113. The number of ketones is 1. The smallest absolute Gasteiger partial charge is 0.339 e. The minimum absolute atomic E-state index is 0.126. The lowest BCUT2D eigenvalue weighted by atomic mass is 10.1. The Balaban J connectivity index is 1.57. The van der Waals surface area contributed by atoms with Crippen molar-refractivity contribution in [1.82, 2.24) is 0 Å². The second-order valence-electron chi connectivity index (χ2n) is 6.93. The summed E-state index contributed by atoms with van der Waals surface area (Å²) in [5.74, 6) is -0.466. The number of esters is 1. The van der Waals surface area contributed by atoms with Crippen LogP contribution in [0.2, 0.25) is 0 Å². The van der Waals surface area contributed by atoms with Crippen molar-refractivity contribution in [2.75, 3.05) is 24.8 Å². The summed E-state index contributed by atoms with van der Waals surface area (Å²) in [7, 11) is 1.51. The molecule has 0 atom stereocenters. The fourth-order valence-electron chi connectivity index (χ4n) is 2.83. The molecule has 32 heavy (non-hydrogen) atoms. The normalized spacial score (nSPS) is 10.3. The second-order valence-corrected chi connectivity index (χ2v) is 7.95. The van der Waals surface area contributed by atoms with Gasteiger partial charge in [-0.15, -0.1) is 11.8 Å². The number of hydrogen-bond acceptors (Lipinski definition) is 6. The first kappa shape index (κ1) is 23.1. The zero-order chi connectivity index (χ0) is 22.9. The predicted octanol–water partition coefficient (Wildman–Crippen LogP) is 4.77. The molecule has 3 aromatic carbocycles. The highest BCUT2D eigenvalue weighted by Crippen LogP contribution is 2.24. The zero-order valence-electron chi connectivity index (χ0n) is 17.8. The first-order chi connectivity index (χ1) is 15.5. The molecule has 0 aliphatic rings. The van der Waals surface area contributed by atoms with Gasteiger partial charge in [0, 0.05) is 16.1 Å². The molecule has 164 valence electrons. The molecular formula is C25H23NO5S. The highest BCUT2D eigenvalue weighted by molar-refractivity contribution is 8.00. The Morgan fingerprint density at radius 3 is 2.44 bits per heavy atom. The lowest BCUT2D eigenvalue weighted by Crippen LogP contribution is -2.16. The van der Waals surface area contributed by atoms with E-state index in [0.717, 1.165) is 5.56 Å². The van der Waals surface area contributed by atoms with Crippen LogP contribution < -0.4 is 10.1 Å². The number of amides is 1. The van der Waals surface area contributed by atoms with Crippen molar-refractivity contribution in [1.29, 1.82) is 0 Å². The molecule has 3 rings (SSSR count). The summed E-state index contributed by atoms with van der Waals surface area (Å²) in [6, 6.07) is 21.0. The quantitative estimate of drug-likeness (QED) is 0.288. The SMILES string of the molecule is COc1cccc(C(=O)COC(=O)c2ccccc2SCC(=O)Nc2ccc(C)cc2)c1. The van der Waals surface area contributed by atoms with E-state index in [1.807, 2.05) is 31.2 Å². The topological polar surface area (TPSA) is 81.7 Å². The van der Waals surface area contributed by atoms with Gasteiger partial charge in [-0.3, -0.25) is 9.59 Å². The van der Waals surface area contributed by atoms with E-state index < -0.39 is 5.97 Å². The van der Waals surface area contributed by atoms with Gasteiger partial charge in [0.25, 0.3) is 0 Å². The average Bonchev–Trinajstić information content (AvgIpc) is 2.82. The zero-order valence-corrected chi connectivity index (χ0v) is 18.6. The van der Waals surface area contributed by atoms with Crippen LogP contribution in [0.5, 0.6) is 5.75 Å². The van der Waals surface area contributed by atoms with Crippen LogP contribution in [0.25, 0.3) is 0 Å². The maximum atomic E-state index is 12.6. The summed E-state index contributed by atoms with van der Waals surface area (Å²) >= 11 is 1.23. The van der Waals surface area contributed by atoms with Crippen LogP contribution in [0.15, 0.2) is 77.7 Å². The number of aryl methyl sites for hydroxylation is 1. The van der Waals surface area contributed by atoms with E-state index in [1.165, 1.54) is 18.9 Å². The van der Waals surface area contributed by atoms with Crippen molar-refractivity contribution >= 4 is 35.1 Å². The molecule has 0 saturated heterocycles. The number of nitrogens with one attached hydrogen (secondary N) is 1. The van der Waals surface area contributed by atoms with Gasteiger partial charge in [-0.2, -0.15) is 0 Å². The molecule has 0 aromatic heterocycles. The molecule has 0 aliphatic heterocycles. The molecule has 1 N–H and O–H groups in total. The third-order valence-electron chi connectivity index (χ3n) is 4.53. The van der Waals surface area contributed by atoms with Gasteiger partial charge in [-0.05, 0) is 43.3 Å². The molecular weight excluding hydrogens is 426 g/mol. The maximum Gasteiger partial charge on any atom is 0.339 e. The van der Waals surface area contributed by atoms with Gasteiger partial charge in [0.05, 0.1) is 18.4 Å². The number of anilines is 1. The summed E-state index contributed by atoms with van der Waals surface area (Å²) in [5.41, 5.74) is 2.52. The predicted molar refractivity (Wildman–Crippen MR) is 125 cm³/mol. The molecule has 0 spiro atoms. The molecule has 7 heteroatoms. The van der Waals surface area contributed by atoms with E-state index in [9.17, 15) is 14.4 Å². The average molecular weight is 450 g/mol. The fourth-order valence-corrected chi connectivity index (χ4v) is 3.67. The highest BCUT2D eigenvalue weighted by Gasteiger charge is 2.16. The van der Waals surface area contributed by atoms with Crippen LogP contribution in [0.3, 0.4) is 0 Å². The summed E-state index contributed by atoms with van der Waals surface area (Å²) in [5, 5.41) is 2.82. The summed E-state index contributed by atoms with van der Waals surface area (Å²) in [6.07, 6.45) is 0. The number of carbonyl (C=O) groups excluding carboxylic acids is 3. The lowest BCUT2D eigenvalue weighted by Gasteiger charge is -2.10. The highest BCUT2D eigenvalue weighted by atomic mass is 32.2. The van der Waals surface area contributed by atoms with Gasteiger partial charge in [-0.25, -0.2) is 4.79 Å². The van der Waals surface area contributed by atoms with Crippen molar-refractivity contribution in [2.24, 2.45) is 0 Å². The van der Waals surface area contributed by atoms with E-state index in [1.54, 1.807) is 48.5 Å². The van der Waals surface area contributed by atoms with Crippen molar-refractivity contribution in [3.63, 3.8) is 0 Å². The van der Waals surface area contributed by atoms with Crippen LogP contribution in [0, 0.1) is 6.92 Å². The molecule has 3 aromatic rings. The van der Waals surface area contributed by atoms with Crippen molar-refractivity contribution in [3.05, 3.63) is 89.5 Å². The standard InChI is InChI=1S/C25H23NO5S/c1-17-10-12-19(13-11-17)26-24(28)16-32-23-9-4-3-8-21(23)25(29)31-15-22(27)18-6-5-7-20(14-18)30-2/h3-14H,15-16H2,1-2H3,(H,26,28). The fraction of sp³-hybridized carbons (Fsp3) is 0.160. The summed E-state index contributed by atoms with van der Waals surface area (Å²) in [4.78, 5) is 37.8. The Morgan fingerprint density at radius 2 is 1.69 bits per heavy atom.